The summed E-state index contributed by atoms with van der Waals surface area (Å²) in [5, 5.41) is 3.28. The van der Waals surface area contributed by atoms with Crippen LogP contribution in [0.4, 0.5) is 4.39 Å². The van der Waals surface area contributed by atoms with Crippen molar-refractivity contribution >= 4 is 31.9 Å². The Labute approximate surface area is 112 Å². The molecule has 0 aliphatic rings. The van der Waals surface area contributed by atoms with Gasteiger partial charge in [0.25, 0.3) is 0 Å². The molecule has 1 rings (SSSR count). The Morgan fingerprint density at radius 2 is 2.25 bits per heavy atom. The summed E-state index contributed by atoms with van der Waals surface area (Å²) in [5.74, 6) is -0.213. The second-order valence-corrected chi connectivity index (χ2v) is 5.73. The van der Waals surface area contributed by atoms with Gasteiger partial charge in [0.05, 0.1) is 4.47 Å². The van der Waals surface area contributed by atoms with Gasteiger partial charge in [-0.05, 0) is 47.0 Å². The summed E-state index contributed by atoms with van der Waals surface area (Å²) < 4.78 is 14.7. The van der Waals surface area contributed by atoms with E-state index in [9.17, 15) is 4.39 Å². The predicted molar refractivity (Wildman–Crippen MR) is 73.3 cm³/mol. The molecule has 0 saturated carbocycles. The van der Waals surface area contributed by atoms with Gasteiger partial charge in [0.1, 0.15) is 5.82 Å². The van der Waals surface area contributed by atoms with Crippen LogP contribution >= 0.6 is 31.9 Å². The Morgan fingerprint density at radius 3 is 2.81 bits per heavy atom. The zero-order valence-electron chi connectivity index (χ0n) is 9.06. The molecule has 16 heavy (non-hydrogen) atoms. The van der Waals surface area contributed by atoms with Crippen LogP contribution in [-0.4, -0.2) is 12.6 Å². The second-order valence-electron chi connectivity index (χ2n) is 3.75. The monoisotopic (exact) mass is 349 g/mol. The topological polar surface area (TPSA) is 12.0 Å². The fraction of sp³-hybridized carbons (Fsp3) is 0.333. The number of nitrogens with one attached hydrogen (secondary N) is 1. The van der Waals surface area contributed by atoms with Gasteiger partial charge in [0.15, 0.2) is 0 Å². The molecule has 0 fully saturated rings. The largest absolute Gasteiger partial charge is 0.309 e. The lowest BCUT2D eigenvalue weighted by atomic mass is 10.1. The third kappa shape index (κ3) is 4.76. The van der Waals surface area contributed by atoms with Crippen LogP contribution < -0.4 is 5.32 Å². The molecule has 0 heterocycles. The van der Waals surface area contributed by atoms with Crippen molar-refractivity contribution in [2.45, 2.75) is 19.4 Å². The maximum atomic E-state index is 13.3. The maximum absolute atomic E-state index is 13.3. The Morgan fingerprint density at radius 1 is 1.56 bits per heavy atom. The first-order valence-corrected chi connectivity index (χ1v) is 6.58. The van der Waals surface area contributed by atoms with Gasteiger partial charge in [-0.25, -0.2) is 4.39 Å². The van der Waals surface area contributed by atoms with Gasteiger partial charge in [-0.3, -0.25) is 0 Å². The van der Waals surface area contributed by atoms with E-state index in [1.807, 2.05) is 6.07 Å². The molecule has 1 N–H and O–H groups in total. The summed E-state index contributed by atoms with van der Waals surface area (Å²) in [6.07, 6.45) is 0.796. The summed E-state index contributed by atoms with van der Waals surface area (Å²) >= 11 is 6.42. The Balaban J connectivity index is 2.52. The summed E-state index contributed by atoms with van der Waals surface area (Å²) in [6.45, 7) is 6.54. The fourth-order valence-electron chi connectivity index (χ4n) is 1.38. The smallest absolute Gasteiger partial charge is 0.137 e. The van der Waals surface area contributed by atoms with Crippen LogP contribution in [-0.2, 0) is 6.42 Å². The van der Waals surface area contributed by atoms with Gasteiger partial charge >= 0.3 is 0 Å². The van der Waals surface area contributed by atoms with Crippen molar-refractivity contribution in [1.82, 2.24) is 5.32 Å². The molecule has 0 aliphatic carbocycles. The van der Waals surface area contributed by atoms with E-state index in [1.54, 1.807) is 12.1 Å². The normalized spacial score (nSPS) is 12.5. The van der Waals surface area contributed by atoms with E-state index in [0.717, 1.165) is 23.0 Å². The van der Waals surface area contributed by atoms with E-state index in [0.29, 0.717) is 4.47 Å². The standard InChI is InChI=1S/C12H14Br2FN/c1-8(13)7-16-9(2)5-10-3-4-11(14)12(15)6-10/h3-4,6,9,16H,1,5,7H2,2H3. The Bertz CT molecular complexity index is 379. The molecule has 0 saturated heterocycles. The lowest BCUT2D eigenvalue weighted by Gasteiger charge is -2.13. The molecule has 0 radical (unpaired) electrons. The van der Waals surface area contributed by atoms with Crippen molar-refractivity contribution in [3.63, 3.8) is 0 Å². The molecule has 88 valence electrons. The number of halogens is 3. The van der Waals surface area contributed by atoms with E-state index in [-0.39, 0.29) is 11.9 Å². The summed E-state index contributed by atoms with van der Waals surface area (Å²) in [7, 11) is 0. The molecule has 0 aromatic heterocycles. The minimum absolute atomic E-state index is 0.213. The highest BCUT2D eigenvalue weighted by Crippen LogP contribution is 2.17. The van der Waals surface area contributed by atoms with Gasteiger partial charge in [-0.2, -0.15) is 0 Å². The minimum Gasteiger partial charge on any atom is -0.309 e. The van der Waals surface area contributed by atoms with Gasteiger partial charge in [-0.1, -0.05) is 28.6 Å². The maximum Gasteiger partial charge on any atom is 0.137 e. The van der Waals surface area contributed by atoms with Crippen molar-refractivity contribution < 1.29 is 4.39 Å². The fourth-order valence-corrected chi connectivity index (χ4v) is 1.79. The first kappa shape index (κ1) is 13.9. The SMILES string of the molecule is C=C(Br)CNC(C)Cc1ccc(Br)c(F)c1. The first-order valence-electron chi connectivity index (χ1n) is 4.99. The summed E-state index contributed by atoms with van der Waals surface area (Å²) in [5.41, 5.74) is 0.987. The quantitative estimate of drug-likeness (QED) is 0.845. The first-order chi connectivity index (χ1) is 7.49. The Kier molecular flexibility index (Phi) is 5.66. The van der Waals surface area contributed by atoms with Crippen LogP contribution in [0.5, 0.6) is 0 Å². The molecular formula is C12H14Br2FN. The molecule has 0 aliphatic heterocycles. The van der Waals surface area contributed by atoms with Crippen molar-refractivity contribution in [3.05, 3.63) is 45.1 Å². The van der Waals surface area contributed by atoms with Gasteiger partial charge < -0.3 is 5.32 Å². The van der Waals surface area contributed by atoms with E-state index in [2.05, 4.69) is 50.7 Å². The molecule has 1 aromatic rings. The number of hydrogen-bond acceptors (Lipinski definition) is 1. The molecule has 1 atom stereocenters. The van der Waals surface area contributed by atoms with Crippen molar-refractivity contribution in [1.29, 1.82) is 0 Å². The number of rotatable bonds is 5. The molecule has 0 amide bonds. The van der Waals surface area contributed by atoms with E-state index in [4.69, 9.17) is 0 Å². The van der Waals surface area contributed by atoms with E-state index < -0.39 is 0 Å². The number of hydrogen-bond donors (Lipinski definition) is 1. The van der Waals surface area contributed by atoms with Crippen LogP contribution in [0, 0.1) is 5.82 Å². The zero-order chi connectivity index (χ0) is 12.1. The van der Waals surface area contributed by atoms with Crippen LogP contribution in [0.3, 0.4) is 0 Å². The second kappa shape index (κ2) is 6.52. The average Bonchev–Trinajstić information content (AvgIpc) is 2.21. The molecule has 0 bridgehead atoms. The molecule has 1 nitrogen and oxygen atoms in total. The number of benzene rings is 1. The third-order valence-electron chi connectivity index (χ3n) is 2.17. The molecule has 1 unspecified atom stereocenters. The molecule has 0 spiro atoms. The Hall–Kier alpha value is -0.190. The summed E-state index contributed by atoms with van der Waals surface area (Å²) in [4.78, 5) is 0. The highest BCUT2D eigenvalue weighted by molar-refractivity contribution is 9.11. The van der Waals surface area contributed by atoms with Crippen LogP contribution in [0.1, 0.15) is 12.5 Å². The van der Waals surface area contributed by atoms with Gasteiger partial charge in [0.2, 0.25) is 0 Å². The van der Waals surface area contributed by atoms with Crippen molar-refractivity contribution in [3.8, 4) is 0 Å². The van der Waals surface area contributed by atoms with Crippen molar-refractivity contribution in [2.75, 3.05) is 6.54 Å². The minimum atomic E-state index is -0.213. The lowest BCUT2D eigenvalue weighted by Crippen LogP contribution is -2.28. The molecule has 1 aromatic carbocycles. The average molecular weight is 351 g/mol. The molecular weight excluding hydrogens is 337 g/mol. The highest BCUT2D eigenvalue weighted by atomic mass is 79.9. The van der Waals surface area contributed by atoms with Crippen molar-refractivity contribution in [2.24, 2.45) is 0 Å². The summed E-state index contributed by atoms with van der Waals surface area (Å²) in [6, 6.07) is 5.51. The molecule has 4 heteroatoms. The third-order valence-corrected chi connectivity index (χ3v) is 3.09. The predicted octanol–water partition coefficient (Wildman–Crippen LogP) is 4.02. The van der Waals surface area contributed by atoms with E-state index in [1.165, 1.54) is 0 Å². The van der Waals surface area contributed by atoms with Gasteiger partial charge in [0, 0.05) is 17.1 Å². The highest BCUT2D eigenvalue weighted by Gasteiger charge is 2.05. The van der Waals surface area contributed by atoms with E-state index >= 15 is 0 Å². The zero-order valence-corrected chi connectivity index (χ0v) is 12.2. The van der Waals surface area contributed by atoms with Crippen LogP contribution in [0.25, 0.3) is 0 Å². The van der Waals surface area contributed by atoms with Crippen LogP contribution in [0.15, 0.2) is 33.7 Å². The van der Waals surface area contributed by atoms with Crippen LogP contribution in [0.2, 0.25) is 0 Å². The van der Waals surface area contributed by atoms with Gasteiger partial charge in [-0.15, -0.1) is 0 Å². The lowest BCUT2D eigenvalue weighted by molar-refractivity contribution is 0.573.